The third-order valence-corrected chi connectivity index (χ3v) is 4.93. The fourth-order valence-electron chi connectivity index (χ4n) is 2.72. The van der Waals surface area contributed by atoms with E-state index in [9.17, 15) is 9.59 Å². The van der Waals surface area contributed by atoms with Gasteiger partial charge in [0, 0.05) is 13.1 Å². The molecule has 1 aromatic carbocycles. The molecule has 0 atom stereocenters. The number of amides is 1. The zero-order valence-corrected chi connectivity index (χ0v) is 13.6. The highest BCUT2D eigenvalue weighted by atomic mass is 32.1. The first-order valence-electron chi connectivity index (χ1n) is 7.77. The molecule has 1 saturated heterocycles. The molecular weight excluding hydrogens is 310 g/mol. The third kappa shape index (κ3) is 3.99. The summed E-state index contributed by atoms with van der Waals surface area (Å²) in [5, 5.41) is 1.90. The third-order valence-electron chi connectivity index (χ3n) is 4.07. The molecule has 1 amide bonds. The lowest BCUT2D eigenvalue weighted by Gasteiger charge is -2.30. The van der Waals surface area contributed by atoms with Gasteiger partial charge in [-0.2, -0.15) is 0 Å². The Labute approximate surface area is 139 Å². The first-order valence-corrected chi connectivity index (χ1v) is 8.65. The minimum atomic E-state index is -0.155. The summed E-state index contributed by atoms with van der Waals surface area (Å²) in [5.41, 5.74) is 0.992. The van der Waals surface area contributed by atoms with E-state index in [1.165, 1.54) is 11.3 Å². The number of nitrogens with zero attached hydrogens (tertiary/aromatic N) is 1. The molecule has 0 spiro atoms. The van der Waals surface area contributed by atoms with Gasteiger partial charge in [-0.25, -0.2) is 0 Å². The number of likely N-dealkylation sites (tertiary alicyclic amines) is 1. The average Bonchev–Trinajstić information content (AvgIpc) is 3.15. The van der Waals surface area contributed by atoms with Crippen LogP contribution in [0.1, 0.15) is 28.1 Å². The number of thiophene rings is 1. The highest BCUT2D eigenvalue weighted by Gasteiger charge is 2.29. The predicted molar refractivity (Wildman–Crippen MR) is 89.2 cm³/mol. The summed E-state index contributed by atoms with van der Waals surface area (Å²) < 4.78 is 5.40. The van der Waals surface area contributed by atoms with E-state index in [2.05, 4.69) is 0 Å². The fraction of sp³-hybridized carbons (Fsp3) is 0.333. The maximum atomic E-state index is 12.3. The van der Waals surface area contributed by atoms with Gasteiger partial charge in [0.25, 0.3) is 5.91 Å². The Morgan fingerprint density at radius 2 is 1.83 bits per heavy atom. The molecule has 3 rings (SSSR count). The van der Waals surface area contributed by atoms with Crippen LogP contribution in [0.2, 0.25) is 0 Å². The fourth-order valence-corrected chi connectivity index (χ4v) is 3.41. The van der Waals surface area contributed by atoms with Gasteiger partial charge in [-0.05, 0) is 29.9 Å². The van der Waals surface area contributed by atoms with E-state index in [0.29, 0.717) is 32.5 Å². The molecule has 1 aliphatic heterocycles. The van der Waals surface area contributed by atoms with Crippen LogP contribution in [0.25, 0.3) is 0 Å². The Kier molecular flexibility index (Phi) is 5.08. The largest absolute Gasteiger partial charge is 0.461 e. The quantitative estimate of drug-likeness (QED) is 0.808. The maximum Gasteiger partial charge on any atom is 0.309 e. The molecule has 0 N–H and O–H groups in total. The van der Waals surface area contributed by atoms with Crippen molar-refractivity contribution in [2.75, 3.05) is 13.1 Å². The summed E-state index contributed by atoms with van der Waals surface area (Å²) in [4.78, 5) is 27.0. The monoisotopic (exact) mass is 329 g/mol. The van der Waals surface area contributed by atoms with E-state index < -0.39 is 0 Å². The van der Waals surface area contributed by atoms with E-state index >= 15 is 0 Å². The van der Waals surface area contributed by atoms with Crippen molar-refractivity contribution in [2.45, 2.75) is 19.4 Å². The molecule has 4 nitrogen and oxygen atoms in total. The molecule has 120 valence electrons. The standard InChI is InChI=1S/C18H19NO3S/c20-17(16-7-4-12-23-16)19-10-8-15(9-11-19)18(21)22-13-14-5-2-1-3-6-14/h1-7,12,15H,8-11,13H2. The van der Waals surface area contributed by atoms with E-state index in [1.807, 2.05) is 52.7 Å². The topological polar surface area (TPSA) is 46.6 Å². The Morgan fingerprint density at radius 1 is 1.09 bits per heavy atom. The number of ether oxygens (including phenoxy) is 1. The van der Waals surface area contributed by atoms with Gasteiger partial charge < -0.3 is 9.64 Å². The van der Waals surface area contributed by atoms with Crippen LogP contribution < -0.4 is 0 Å². The molecule has 2 aromatic rings. The molecule has 1 aromatic heterocycles. The Balaban J connectivity index is 1.47. The molecule has 0 bridgehead atoms. The molecule has 23 heavy (non-hydrogen) atoms. The number of piperidine rings is 1. The second kappa shape index (κ2) is 7.42. The van der Waals surface area contributed by atoms with Crippen molar-refractivity contribution in [3.05, 3.63) is 58.3 Å². The predicted octanol–water partition coefficient (Wildman–Crippen LogP) is 3.34. The number of hydrogen-bond donors (Lipinski definition) is 0. The highest BCUT2D eigenvalue weighted by molar-refractivity contribution is 7.12. The minimum absolute atomic E-state index is 0.0658. The van der Waals surface area contributed by atoms with Gasteiger partial charge >= 0.3 is 5.97 Å². The number of rotatable bonds is 4. The number of esters is 1. The summed E-state index contributed by atoms with van der Waals surface area (Å²) in [6, 6.07) is 13.4. The van der Waals surface area contributed by atoms with Crippen LogP contribution in [0.3, 0.4) is 0 Å². The van der Waals surface area contributed by atoms with E-state index in [-0.39, 0.29) is 17.8 Å². The van der Waals surface area contributed by atoms with E-state index in [1.54, 1.807) is 0 Å². The van der Waals surface area contributed by atoms with Crippen LogP contribution in [0, 0.1) is 5.92 Å². The summed E-state index contributed by atoms with van der Waals surface area (Å²) >= 11 is 1.45. The van der Waals surface area contributed by atoms with Gasteiger partial charge in [0.1, 0.15) is 6.61 Å². The van der Waals surface area contributed by atoms with Gasteiger partial charge in [-0.1, -0.05) is 36.4 Å². The Morgan fingerprint density at radius 3 is 2.48 bits per heavy atom. The maximum absolute atomic E-state index is 12.3. The second-order valence-corrected chi connectivity index (χ2v) is 6.58. The van der Waals surface area contributed by atoms with Crippen molar-refractivity contribution in [3.63, 3.8) is 0 Å². The van der Waals surface area contributed by atoms with E-state index in [4.69, 9.17) is 4.74 Å². The molecule has 2 heterocycles. The van der Waals surface area contributed by atoms with Crippen LogP contribution in [0.5, 0.6) is 0 Å². The van der Waals surface area contributed by atoms with Gasteiger partial charge in [-0.3, -0.25) is 9.59 Å². The van der Waals surface area contributed by atoms with Crippen molar-refractivity contribution < 1.29 is 14.3 Å². The summed E-state index contributed by atoms with van der Waals surface area (Å²) in [6.45, 7) is 1.54. The van der Waals surface area contributed by atoms with Gasteiger partial charge in [0.15, 0.2) is 0 Å². The SMILES string of the molecule is O=C(OCc1ccccc1)C1CCN(C(=O)c2cccs2)CC1. The van der Waals surface area contributed by atoms with Crippen molar-refractivity contribution >= 4 is 23.2 Å². The Bertz CT molecular complexity index is 646. The first-order chi connectivity index (χ1) is 11.2. The van der Waals surface area contributed by atoms with Crippen LogP contribution in [-0.2, 0) is 16.1 Å². The lowest BCUT2D eigenvalue weighted by Crippen LogP contribution is -2.40. The highest BCUT2D eigenvalue weighted by Crippen LogP contribution is 2.22. The molecule has 0 radical (unpaired) electrons. The van der Waals surface area contributed by atoms with Crippen molar-refractivity contribution in [1.29, 1.82) is 0 Å². The zero-order valence-electron chi connectivity index (χ0n) is 12.8. The van der Waals surface area contributed by atoms with Crippen LogP contribution in [0.4, 0.5) is 0 Å². The molecular formula is C18H19NO3S. The van der Waals surface area contributed by atoms with Crippen LogP contribution >= 0.6 is 11.3 Å². The number of hydrogen-bond acceptors (Lipinski definition) is 4. The molecule has 0 saturated carbocycles. The second-order valence-electron chi connectivity index (χ2n) is 5.64. The zero-order chi connectivity index (χ0) is 16.1. The van der Waals surface area contributed by atoms with Gasteiger partial charge in [-0.15, -0.1) is 11.3 Å². The van der Waals surface area contributed by atoms with Crippen molar-refractivity contribution in [3.8, 4) is 0 Å². The molecule has 1 fully saturated rings. The van der Waals surface area contributed by atoms with Gasteiger partial charge in [0.05, 0.1) is 10.8 Å². The van der Waals surface area contributed by atoms with Gasteiger partial charge in [0.2, 0.25) is 0 Å². The van der Waals surface area contributed by atoms with E-state index in [0.717, 1.165) is 10.4 Å². The molecule has 0 aliphatic carbocycles. The molecule has 1 aliphatic rings. The molecule has 0 unspecified atom stereocenters. The Hall–Kier alpha value is -2.14. The number of carbonyl (C=O) groups excluding carboxylic acids is 2. The normalized spacial score (nSPS) is 15.4. The lowest BCUT2D eigenvalue weighted by molar-refractivity contribution is -0.151. The van der Waals surface area contributed by atoms with Crippen LogP contribution in [0.15, 0.2) is 47.8 Å². The van der Waals surface area contributed by atoms with Crippen LogP contribution in [-0.4, -0.2) is 29.9 Å². The summed E-state index contributed by atoms with van der Waals surface area (Å²) in [7, 11) is 0. The number of benzene rings is 1. The number of carbonyl (C=O) groups is 2. The lowest BCUT2D eigenvalue weighted by atomic mass is 9.97. The minimum Gasteiger partial charge on any atom is -0.461 e. The average molecular weight is 329 g/mol. The molecule has 5 heteroatoms. The summed E-state index contributed by atoms with van der Waals surface area (Å²) in [5.74, 6) is -0.195. The first kappa shape index (κ1) is 15.7. The smallest absolute Gasteiger partial charge is 0.309 e. The summed E-state index contributed by atoms with van der Waals surface area (Å²) in [6.07, 6.45) is 1.34. The van der Waals surface area contributed by atoms with Crippen molar-refractivity contribution in [1.82, 2.24) is 4.90 Å². The van der Waals surface area contributed by atoms with Crippen molar-refractivity contribution in [2.24, 2.45) is 5.92 Å².